The average molecular weight is 232 g/mol. The van der Waals surface area contributed by atoms with E-state index >= 15 is 0 Å². The second-order valence-electron chi connectivity index (χ2n) is 4.56. The zero-order valence-electron chi connectivity index (χ0n) is 11.0. The maximum atomic E-state index is 8.75. The highest BCUT2D eigenvalue weighted by molar-refractivity contribution is 5.35. The van der Waals surface area contributed by atoms with E-state index in [0.29, 0.717) is 13.0 Å². The third-order valence-electron chi connectivity index (χ3n) is 2.83. The highest BCUT2D eigenvalue weighted by atomic mass is 16.5. The fourth-order valence-electron chi connectivity index (χ4n) is 1.54. The van der Waals surface area contributed by atoms with Gasteiger partial charge in [-0.05, 0) is 45.1 Å². The predicted octanol–water partition coefficient (Wildman–Crippen LogP) is 2.53. The first kappa shape index (κ1) is 13.5. The normalized spacial score (nSPS) is 12.2. The Morgan fingerprint density at radius 2 is 2.06 bits per heavy atom. The number of hydrogen-bond donors (Lipinski definition) is 0. The Morgan fingerprint density at radius 1 is 1.35 bits per heavy atom. The Balaban J connectivity index is 2.65. The van der Waals surface area contributed by atoms with Crippen LogP contribution in [-0.2, 0) is 0 Å². The number of nitriles is 1. The van der Waals surface area contributed by atoms with Crippen molar-refractivity contribution in [3.8, 4) is 11.8 Å². The molecular weight excluding hydrogens is 212 g/mol. The molecule has 0 aliphatic carbocycles. The lowest BCUT2D eigenvalue weighted by atomic mass is 10.1. The van der Waals surface area contributed by atoms with Crippen LogP contribution >= 0.6 is 0 Å². The van der Waals surface area contributed by atoms with E-state index in [9.17, 15) is 0 Å². The van der Waals surface area contributed by atoms with E-state index in [2.05, 4.69) is 18.2 Å². The molecule has 0 spiro atoms. The van der Waals surface area contributed by atoms with Crippen molar-refractivity contribution < 1.29 is 4.74 Å². The lowest BCUT2D eigenvalue weighted by Gasteiger charge is -2.22. The lowest BCUT2D eigenvalue weighted by molar-refractivity contribution is 0.187. The molecule has 0 bridgehead atoms. The van der Waals surface area contributed by atoms with Gasteiger partial charge >= 0.3 is 0 Å². The first-order chi connectivity index (χ1) is 8.04. The number of nitrogens with zero attached hydrogens (tertiary/aromatic N) is 2. The zero-order chi connectivity index (χ0) is 12.8. The minimum atomic E-state index is 0.139. The SMILES string of the molecule is Cc1ccc(C)c(OCC(CC#N)N(C)C)c1. The van der Waals surface area contributed by atoms with E-state index < -0.39 is 0 Å². The summed E-state index contributed by atoms with van der Waals surface area (Å²) in [5.41, 5.74) is 2.32. The van der Waals surface area contributed by atoms with Gasteiger partial charge in [0.2, 0.25) is 0 Å². The molecule has 3 nitrogen and oxygen atoms in total. The van der Waals surface area contributed by atoms with Crippen molar-refractivity contribution in [3.05, 3.63) is 29.3 Å². The van der Waals surface area contributed by atoms with Gasteiger partial charge in [0.15, 0.2) is 0 Å². The topological polar surface area (TPSA) is 36.3 Å². The first-order valence-corrected chi connectivity index (χ1v) is 5.78. The Kier molecular flexibility index (Phi) is 4.99. The highest BCUT2D eigenvalue weighted by Gasteiger charge is 2.12. The van der Waals surface area contributed by atoms with Gasteiger partial charge in [0.05, 0.1) is 18.5 Å². The van der Waals surface area contributed by atoms with Gasteiger partial charge in [-0.3, -0.25) is 0 Å². The van der Waals surface area contributed by atoms with Gasteiger partial charge in [-0.15, -0.1) is 0 Å². The lowest BCUT2D eigenvalue weighted by Crippen LogP contribution is -2.33. The number of hydrogen-bond acceptors (Lipinski definition) is 3. The van der Waals surface area contributed by atoms with E-state index in [0.717, 1.165) is 11.3 Å². The molecule has 3 heteroatoms. The second-order valence-corrected chi connectivity index (χ2v) is 4.56. The van der Waals surface area contributed by atoms with Gasteiger partial charge in [-0.2, -0.15) is 5.26 Å². The molecular formula is C14H20N2O. The Hall–Kier alpha value is -1.53. The molecule has 0 N–H and O–H groups in total. The van der Waals surface area contributed by atoms with Gasteiger partial charge in [0, 0.05) is 0 Å². The molecule has 1 unspecified atom stereocenters. The summed E-state index contributed by atoms with van der Waals surface area (Å²) in [5.74, 6) is 0.912. The van der Waals surface area contributed by atoms with Crippen molar-refractivity contribution in [3.63, 3.8) is 0 Å². The number of ether oxygens (including phenoxy) is 1. The van der Waals surface area contributed by atoms with Gasteiger partial charge in [0.25, 0.3) is 0 Å². The van der Waals surface area contributed by atoms with Crippen LogP contribution in [0, 0.1) is 25.2 Å². The molecule has 0 radical (unpaired) electrons. The zero-order valence-corrected chi connectivity index (χ0v) is 11.0. The maximum absolute atomic E-state index is 8.75. The Bertz CT molecular complexity index is 407. The molecule has 0 fully saturated rings. The summed E-state index contributed by atoms with van der Waals surface area (Å²) in [4.78, 5) is 2.02. The van der Waals surface area contributed by atoms with Crippen LogP contribution in [0.1, 0.15) is 17.5 Å². The van der Waals surface area contributed by atoms with Crippen molar-refractivity contribution in [2.24, 2.45) is 0 Å². The third kappa shape index (κ3) is 4.08. The van der Waals surface area contributed by atoms with Crippen LogP contribution in [0.15, 0.2) is 18.2 Å². The third-order valence-corrected chi connectivity index (χ3v) is 2.83. The van der Waals surface area contributed by atoms with Crippen LogP contribution in [0.4, 0.5) is 0 Å². The van der Waals surface area contributed by atoms with Crippen molar-refractivity contribution in [1.29, 1.82) is 5.26 Å². The van der Waals surface area contributed by atoms with Crippen molar-refractivity contribution in [2.75, 3.05) is 20.7 Å². The number of rotatable bonds is 5. The van der Waals surface area contributed by atoms with Crippen LogP contribution in [0.2, 0.25) is 0 Å². The summed E-state index contributed by atoms with van der Waals surface area (Å²) >= 11 is 0. The van der Waals surface area contributed by atoms with Crippen LogP contribution in [0.25, 0.3) is 0 Å². The van der Waals surface area contributed by atoms with E-state index in [1.165, 1.54) is 5.56 Å². The molecule has 0 heterocycles. The summed E-state index contributed by atoms with van der Waals surface area (Å²) in [6.07, 6.45) is 0.484. The number of benzene rings is 1. The monoisotopic (exact) mass is 232 g/mol. The molecule has 1 aromatic carbocycles. The molecule has 0 saturated heterocycles. The van der Waals surface area contributed by atoms with Crippen LogP contribution in [-0.4, -0.2) is 31.6 Å². The van der Waals surface area contributed by atoms with Crippen molar-refractivity contribution in [1.82, 2.24) is 4.90 Å². The van der Waals surface area contributed by atoms with E-state index in [4.69, 9.17) is 10.00 Å². The van der Waals surface area contributed by atoms with Gasteiger partial charge in [-0.1, -0.05) is 12.1 Å². The van der Waals surface area contributed by atoms with Gasteiger partial charge < -0.3 is 9.64 Å². The minimum absolute atomic E-state index is 0.139. The smallest absolute Gasteiger partial charge is 0.122 e. The molecule has 0 amide bonds. The molecule has 0 aromatic heterocycles. The van der Waals surface area contributed by atoms with Gasteiger partial charge in [0.1, 0.15) is 12.4 Å². The predicted molar refractivity (Wildman–Crippen MR) is 69.1 cm³/mol. The summed E-state index contributed by atoms with van der Waals surface area (Å²) in [6.45, 7) is 4.62. The van der Waals surface area contributed by atoms with E-state index in [1.807, 2.05) is 38.9 Å². The quantitative estimate of drug-likeness (QED) is 0.782. The highest BCUT2D eigenvalue weighted by Crippen LogP contribution is 2.19. The molecule has 0 aliphatic heterocycles. The largest absolute Gasteiger partial charge is 0.492 e. The first-order valence-electron chi connectivity index (χ1n) is 5.78. The van der Waals surface area contributed by atoms with Crippen LogP contribution in [0.3, 0.4) is 0 Å². The molecule has 17 heavy (non-hydrogen) atoms. The summed E-state index contributed by atoms with van der Waals surface area (Å²) in [7, 11) is 3.93. The average Bonchev–Trinajstić information content (AvgIpc) is 2.28. The molecule has 1 atom stereocenters. The fraction of sp³-hybridized carbons (Fsp3) is 0.500. The van der Waals surface area contributed by atoms with Crippen LogP contribution < -0.4 is 4.74 Å². The molecule has 0 aliphatic rings. The number of likely N-dealkylation sites (N-methyl/N-ethyl adjacent to an activating group) is 1. The van der Waals surface area contributed by atoms with Crippen molar-refractivity contribution >= 4 is 0 Å². The van der Waals surface area contributed by atoms with Gasteiger partial charge in [-0.25, -0.2) is 0 Å². The molecule has 92 valence electrons. The van der Waals surface area contributed by atoms with Crippen molar-refractivity contribution in [2.45, 2.75) is 26.3 Å². The molecule has 0 saturated carbocycles. The fourth-order valence-corrected chi connectivity index (χ4v) is 1.54. The van der Waals surface area contributed by atoms with Crippen LogP contribution in [0.5, 0.6) is 5.75 Å². The van der Waals surface area contributed by atoms with E-state index in [1.54, 1.807) is 0 Å². The standard InChI is InChI=1S/C14H20N2O/c1-11-5-6-12(2)14(9-11)17-10-13(7-8-15)16(3)4/h5-6,9,13H,7,10H2,1-4H3. The Morgan fingerprint density at radius 3 is 2.65 bits per heavy atom. The minimum Gasteiger partial charge on any atom is -0.492 e. The summed E-state index contributed by atoms with van der Waals surface area (Å²) < 4.78 is 5.80. The number of aryl methyl sites for hydroxylation is 2. The molecule has 1 aromatic rings. The molecule has 1 rings (SSSR count). The summed E-state index contributed by atoms with van der Waals surface area (Å²) in [6, 6.07) is 8.49. The summed E-state index contributed by atoms with van der Waals surface area (Å²) in [5, 5.41) is 8.75. The maximum Gasteiger partial charge on any atom is 0.122 e. The second kappa shape index (κ2) is 6.27. The Labute approximate surface area is 104 Å². The van der Waals surface area contributed by atoms with E-state index in [-0.39, 0.29) is 6.04 Å².